The van der Waals surface area contributed by atoms with Crippen molar-refractivity contribution in [3.63, 3.8) is 0 Å². The maximum Gasteiger partial charge on any atom is 0.198 e. The van der Waals surface area contributed by atoms with E-state index < -0.39 is 53.6 Å². The zero-order valence-electron chi connectivity index (χ0n) is 24.9. The molecule has 12 nitrogen and oxygen atoms in total. The molecule has 3 fully saturated rings. The maximum atomic E-state index is 13.8. The Morgan fingerprint density at radius 1 is 1.11 bits per heavy atom. The van der Waals surface area contributed by atoms with E-state index in [4.69, 9.17) is 28.4 Å². The summed E-state index contributed by atoms with van der Waals surface area (Å²) >= 11 is 0. The number of Topliss-reactive ketones (excluding diaryl/α,β-unsaturated/α-hetero) is 1. The third-order valence-electron chi connectivity index (χ3n) is 9.73. The first kappa shape index (κ1) is 29.5. The van der Waals surface area contributed by atoms with E-state index in [1.807, 2.05) is 6.92 Å². The van der Waals surface area contributed by atoms with Crippen molar-refractivity contribution in [3.05, 3.63) is 57.6 Å². The van der Waals surface area contributed by atoms with Gasteiger partial charge in [-0.1, -0.05) is 12.1 Å². The number of methoxy groups -OCH3 is 2. The Labute approximate surface area is 253 Å². The van der Waals surface area contributed by atoms with E-state index in [1.54, 1.807) is 25.3 Å². The summed E-state index contributed by atoms with van der Waals surface area (Å²) in [4.78, 5) is 42.4. The van der Waals surface area contributed by atoms with Gasteiger partial charge in [-0.05, 0) is 31.5 Å². The SMILES string of the molecule is COc1cccc2c1C(=O)c1cc3c(c(O)c1C2=O)C[C@@](O)(C(C)=O)C[C@@H]3O[C@H]1C[C@H]2[C@H](O[C@@H]3[C@@H](OC)OCCN32)[C@H](C)O1. The molecule has 0 amide bonds. The summed E-state index contributed by atoms with van der Waals surface area (Å²) in [5.74, 6) is -1.72. The summed E-state index contributed by atoms with van der Waals surface area (Å²) < 4.78 is 35.7. The highest BCUT2D eigenvalue weighted by atomic mass is 16.7. The van der Waals surface area contributed by atoms with Gasteiger partial charge in [0.25, 0.3) is 0 Å². The van der Waals surface area contributed by atoms with Crippen molar-refractivity contribution in [2.75, 3.05) is 27.4 Å². The van der Waals surface area contributed by atoms with Crippen molar-refractivity contribution in [2.24, 2.45) is 0 Å². The number of rotatable bonds is 5. The van der Waals surface area contributed by atoms with Crippen LogP contribution in [0.3, 0.4) is 0 Å². The molecule has 2 aromatic carbocycles. The number of fused-ring (bicyclic) bond motifs is 6. The second kappa shape index (κ2) is 10.7. The second-order valence-electron chi connectivity index (χ2n) is 12.1. The summed E-state index contributed by atoms with van der Waals surface area (Å²) in [5.41, 5.74) is -1.20. The lowest BCUT2D eigenvalue weighted by Gasteiger charge is -2.43. The minimum Gasteiger partial charge on any atom is -0.507 e. The summed E-state index contributed by atoms with van der Waals surface area (Å²) in [7, 11) is 2.99. The quantitative estimate of drug-likeness (QED) is 0.436. The number of phenolic OH excluding ortho intramolecular Hbond substituents is 1. The number of ether oxygens (including phenoxy) is 6. The summed E-state index contributed by atoms with van der Waals surface area (Å²) in [6.45, 7) is 4.29. The van der Waals surface area contributed by atoms with Gasteiger partial charge in [-0.2, -0.15) is 0 Å². The average molecular weight is 610 g/mol. The van der Waals surface area contributed by atoms with Crippen LogP contribution >= 0.6 is 0 Å². The van der Waals surface area contributed by atoms with E-state index in [2.05, 4.69) is 4.90 Å². The fourth-order valence-electron chi connectivity index (χ4n) is 7.47. The van der Waals surface area contributed by atoms with Gasteiger partial charge in [0.15, 0.2) is 36.2 Å². The first-order valence-electron chi connectivity index (χ1n) is 14.8. The highest BCUT2D eigenvalue weighted by Crippen LogP contribution is 2.48. The number of ketones is 3. The number of aliphatic hydroxyl groups is 1. The smallest absolute Gasteiger partial charge is 0.198 e. The topological polar surface area (TPSA) is 150 Å². The van der Waals surface area contributed by atoms with Crippen molar-refractivity contribution in [3.8, 4) is 11.5 Å². The molecule has 234 valence electrons. The van der Waals surface area contributed by atoms with Crippen LogP contribution in [0.15, 0.2) is 24.3 Å². The molecule has 12 heteroatoms. The van der Waals surface area contributed by atoms with Crippen molar-refractivity contribution in [2.45, 2.75) is 81.9 Å². The molecule has 0 bridgehead atoms. The van der Waals surface area contributed by atoms with Crippen LogP contribution in [0.5, 0.6) is 11.5 Å². The van der Waals surface area contributed by atoms with E-state index >= 15 is 0 Å². The third kappa shape index (κ3) is 4.35. The molecule has 0 aromatic heterocycles. The molecule has 8 atom stereocenters. The zero-order valence-corrected chi connectivity index (χ0v) is 24.9. The van der Waals surface area contributed by atoms with E-state index in [0.29, 0.717) is 25.1 Å². The summed E-state index contributed by atoms with van der Waals surface area (Å²) in [5, 5.41) is 23.0. The van der Waals surface area contributed by atoms with Gasteiger partial charge in [-0.25, -0.2) is 0 Å². The van der Waals surface area contributed by atoms with Crippen molar-refractivity contribution >= 4 is 17.3 Å². The van der Waals surface area contributed by atoms with Crippen LogP contribution in [0.1, 0.15) is 75.8 Å². The predicted molar refractivity (Wildman–Crippen MR) is 151 cm³/mol. The fourth-order valence-corrected chi connectivity index (χ4v) is 7.47. The number of hydrogen-bond acceptors (Lipinski definition) is 12. The molecule has 0 radical (unpaired) electrons. The minimum absolute atomic E-state index is 0.00840. The van der Waals surface area contributed by atoms with Crippen LogP contribution in [0, 0.1) is 0 Å². The third-order valence-corrected chi connectivity index (χ3v) is 9.73. The average Bonchev–Trinajstić information content (AvgIpc) is 3.39. The molecule has 0 unspecified atom stereocenters. The number of carbonyl (C=O) groups is 3. The standard InChI is InChI=1S/C32H35NO11/c1-14-29-20(33-8-9-41-31(40-4)30(33)44-29)11-23(42-14)43-22-13-32(38,15(2)34)12-19-17(22)10-18-25(28(19)37)26(35)16-6-5-7-21(39-3)24(16)27(18)36/h5-7,10,14,20,22-23,29-31,37-38H,8-9,11-13H2,1-4H3/t14-,20-,22-,23-,29+,30+,31-,32-/m0/s1. The number of morpholine rings is 1. The highest BCUT2D eigenvalue weighted by molar-refractivity contribution is 6.30. The largest absolute Gasteiger partial charge is 0.507 e. The maximum absolute atomic E-state index is 13.8. The normalized spacial score (nSPS) is 34.4. The number of phenols is 1. The van der Waals surface area contributed by atoms with Crippen LogP contribution in [0.25, 0.3) is 0 Å². The Kier molecular flexibility index (Phi) is 7.16. The Balaban J connectivity index is 1.26. The molecule has 2 N–H and O–H groups in total. The van der Waals surface area contributed by atoms with Gasteiger partial charge in [0.2, 0.25) is 0 Å². The van der Waals surface area contributed by atoms with Gasteiger partial charge in [0, 0.05) is 55.6 Å². The minimum atomic E-state index is -1.87. The van der Waals surface area contributed by atoms with Crippen LogP contribution in [0.4, 0.5) is 0 Å². The lowest BCUT2D eigenvalue weighted by atomic mass is 9.72. The first-order valence-corrected chi connectivity index (χ1v) is 14.8. The molecule has 0 saturated carbocycles. The first-order chi connectivity index (χ1) is 21.1. The Morgan fingerprint density at radius 2 is 1.89 bits per heavy atom. The van der Waals surface area contributed by atoms with Crippen LogP contribution in [0.2, 0.25) is 0 Å². The zero-order chi connectivity index (χ0) is 31.1. The fraction of sp³-hybridized carbons (Fsp3) is 0.531. The van der Waals surface area contributed by atoms with Gasteiger partial charge >= 0.3 is 0 Å². The molecule has 3 heterocycles. The molecule has 3 aliphatic heterocycles. The second-order valence-corrected chi connectivity index (χ2v) is 12.1. The molecular weight excluding hydrogens is 574 g/mol. The number of benzene rings is 2. The van der Waals surface area contributed by atoms with Gasteiger partial charge in [0.1, 0.15) is 23.2 Å². The Hall–Kier alpha value is -3.23. The van der Waals surface area contributed by atoms with E-state index in [1.165, 1.54) is 20.1 Å². The number of hydrogen-bond donors (Lipinski definition) is 2. The van der Waals surface area contributed by atoms with Gasteiger partial charge < -0.3 is 38.6 Å². The van der Waals surface area contributed by atoms with Crippen LogP contribution in [-0.2, 0) is 34.9 Å². The molecule has 44 heavy (non-hydrogen) atoms. The Bertz CT molecular complexity index is 1560. The van der Waals surface area contributed by atoms with Crippen molar-refractivity contribution in [1.29, 1.82) is 0 Å². The summed E-state index contributed by atoms with van der Waals surface area (Å²) in [6, 6.07) is 6.18. The molecule has 3 saturated heterocycles. The van der Waals surface area contributed by atoms with Crippen LogP contribution in [-0.4, -0.2) is 102 Å². The molecule has 2 aromatic rings. The van der Waals surface area contributed by atoms with Gasteiger partial charge in [0.05, 0.1) is 37.1 Å². The predicted octanol–water partition coefficient (Wildman–Crippen LogP) is 2.03. The number of nitrogens with zero attached hydrogens (tertiary/aromatic N) is 1. The Morgan fingerprint density at radius 3 is 2.61 bits per heavy atom. The molecule has 7 rings (SSSR count). The highest BCUT2D eigenvalue weighted by Gasteiger charge is 2.54. The number of aromatic hydroxyl groups is 1. The number of carbonyl (C=O) groups excluding carboxylic acids is 3. The molecule has 5 aliphatic rings. The van der Waals surface area contributed by atoms with Gasteiger partial charge in [-0.3, -0.25) is 19.3 Å². The summed E-state index contributed by atoms with van der Waals surface area (Å²) in [6.07, 6.45) is -3.18. The monoisotopic (exact) mass is 609 g/mol. The van der Waals surface area contributed by atoms with E-state index in [9.17, 15) is 24.6 Å². The molecule has 2 aliphatic carbocycles. The molecular formula is C32H35NO11. The lowest BCUT2D eigenvalue weighted by molar-refractivity contribution is -0.256. The van der Waals surface area contributed by atoms with Crippen molar-refractivity contribution in [1.82, 2.24) is 4.90 Å². The van der Waals surface area contributed by atoms with Crippen molar-refractivity contribution < 1.29 is 53.0 Å². The van der Waals surface area contributed by atoms with Gasteiger partial charge in [-0.15, -0.1) is 0 Å². The van der Waals surface area contributed by atoms with E-state index in [-0.39, 0.29) is 64.7 Å². The van der Waals surface area contributed by atoms with Crippen LogP contribution < -0.4 is 4.74 Å². The van der Waals surface area contributed by atoms with E-state index in [0.717, 1.165) is 0 Å². The lowest BCUT2D eigenvalue weighted by Crippen LogP contribution is -2.55. The molecule has 0 spiro atoms.